The van der Waals surface area contributed by atoms with Crippen LogP contribution >= 0.6 is 11.6 Å². The maximum atomic E-state index is 13.0. The fourth-order valence-corrected chi connectivity index (χ4v) is 3.39. The minimum Gasteiger partial charge on any atom is -0.364 e. The smallest absolute Gasteiger partial charge is 0.274 e. The van der Waals surface area contributed by atoms with Crippen LogP contribution < -0.4 is 10.6 Å². The second-order valence-corrected chi connectivity index (χ2v) is 7.08. The van der Waals surface area contributed by atoms with E-state index in [4.69, 9.17) is 17.3 Å². The highest BCUT2D eigenvalue weighted by molar-refractivity contribution is 6.30. The molecule has 8 nitrogen and oxygen atoms in total. The summed E-state index contributed by atoms with van der Waals surface area (Å²) in [5.74, 6) is -0.0456. The Hall–Kier alpha value is -3.39. The standard InChI is InChI=1S/C20H19ClN6O2/c21-14-6-7-18(23-13-14)25-8-10-26(11-9-25)20(29)16-12-17(19(22)28)27(24-16)15-4-2-1-3-5-15/h1-7,12-13H,8-11H2,(H2,22,28). The van der Waals surface area contributed by atoms with E-state index in [2.05, 4.69) is 15.0 Å². The van der Waals surface area contributed by atoms with Gasteiger partial charge in [-0.2, -0.15) is 5.10 Å². The molecule has 0 bridgehead atoms. The lowest BCUT2D eigenvalue weighted by molar-refractivity contribution is 0.0740. The van der Waals surface area contributed by atoms with E-state index in [0.717, 1.165) is 5.82 Å². The fourth-order valence-electron chi connectivity index (χ4n) is 3.28. The van der Waals surface area contributed by atoms with Crippen molar-refractivity contribution in [2.45, 2.75) is 0 Å². The van der Waals surface area contributed by atoms with Crippen LogP contribution in [0, 0.1) is 0 Å². The molecule has 2 N–H and O–H groups in total. The Kier molecular flexibility index (Phi) is 5.18. The van der Waals surface area contributed by atoms with Crippen LogP contribution in [-0.4, -0.2) is 57.7 Å². The third-order valence-electron chi connectivity index (χ3n) is 4.78. The highest BCUT2D eigenvalue weighted by atomic mass is 35.5. The molecule has 0 unspecified atom stereocenters. The number of anilines is 1. The van der Waals surface area contributed by atoms with E-state index in [1.165, 1.54) is 10.7 Å². The number of piperazine rings is 1. The second kappa shape index (κ2) is 7.92. The fraction of sp³-hybridized carbons (Fsp3) is 0.200. The number of primary amides is 1. The first-order chi connectivity index (χ1) is 14.0. The van der Waals surface area contributed by atoms with Gasteiger partial charge in [-0.05, 0) is 24.3 Å². The zero-order valence-electron chi connectivity index (χ0n) is 15.5. The Balaban J connectivity index is 1.50. The van der Waals surface area contributed by atoms with Gasteiger partial charge in [0.15, 0.2) is 5.69 Å². The number of carbonyl (C=O) groups is 2. The number of aromatic nitrogens is 3. The van der Waals surface area contributed by atoms with Crippen molar-refractivity contribution in [1.29, 1.82) is 0 Å². The maximum Gasteiger partial charge on any atom is 0.274 e. The van der Waals surface area contributed by atoms with Crippen molar-refractivity contribution in [1.82, 2.24) is 19.7 Å². The predicted octanol–water partition coefficient (Wildman–Crippen LogP) is 1.98. The lowest BCUT2D eigenvalue weighted by Gasteiger charge is -2.35. The van der Waals surface area contributed by atoms with E-state index >= 15 is 0 Å². The molecule has 3 aromatic rings. The summed E-state index contributed by atoms with van der Waals surface area (Å²) in [6, 6.07) is 14.2. The summed E-state index contributed by atoms with van der Waals surface area (Å²) in [7, 11) is 0. The van der Waals surface area contributed by atoms with Crippen molar-refractivity contribution in [2.24, 2.45) is 5.73 Å². The highest BCUT2D eigenvalue weighted by Crippen LogP contribution is 2.18. The molecule has 1 aliphatic heterocycles. The highest BCUT2D eigenvalue weighted by Gasteiger charge is 2.26. The molecule has 9 heteroatoms. The summed E-state index contributed by atoms with van der Waals surface area (Å²) < 4.78 is 1.41. The number of para-hydroxylation sites is 1. The molecule has 1 aliphatic rings. The number of hydrogen-bond acceptors (Lipinski definition) is 5. The van der Waals surface area contributed by atoms with Crippen LogP contribution in [-0.2, 0) is 0 Å². The molecule has 148 valence electrons. The molecular weight excluding hydrogens is 392 g/mol. The van der Waals surface area contributed by atoms with Crippen molar-refractivity contribution >= 4 is 29.2 Å². The van der Waals surface area contributed by atoms with Crippen molar-refractivity contribution in [3.63, 3.8) is 0 Å². The van der Waals surface area contributed by atoms with E-state index in [0.29, 0.717) is 36.9 Å². The Morgan fingerprint density at radius 3 is 2.34 bits per heavy atom. The summed E-state index contributed by atoms with van der Waals surface area (Å²) in [5, 5.41) is 4.93. The number of pyridine rings is 1. The minimum atomic E-state index is -0.640. The van der Waals surface area contributed by atoms with Crippen LogP contribution in [0.2, 0.25) is 5.02 Å². The number of hydrogen-bond donors (Lipinski definition) is 1. The lowest BCUT2D eigenvalue weighted by atomic mass is 10.2. The largest absolute Gasteiger partial charge is 0.364 e. The first kappa shape index (κ1) is 18.9. The molecular formula is C20H19ClN6O2. The summed E-state index contributed by atoms with van der Waals surface area (Å²) >= 11 is 5.89. The predicted molar refractivity (Wildman–Crippen MR) is 109 cm³/mol. The summed E-state index contributed by atoms with van der Waals surface area (Å²) in [5.41, 5.74) is 6.52. The number of nitrogens with two attached hydrogens (primary N) is 1. The first-order valence-electron chi connectivity index (χ1n) is 9.14. The Bertz CT molecular complexity index is 1030. The quantitative estimate of drug-likeness (QED) is 0.709. The zero-order chi connectivity index (χ0) is 20.4. The molecule has 0 saturated carbocycles. The van der Waals surface area contributed by atoms with Gasteiger partial charge in [0.2, 0.25) is 0 Å². The van der Waals surface area contributed by atoms with Crippen LogP contribution in [0.4, 0.5) is 5.82 Å². The van der Waals surface area contributed by atoms with E-state index in [1.54, 1.807) is 29.3 Å². The molecule has 1 fully saturated rings. The topological polar surface area (TPSA) is 97.3 Å². The van der Waals surface area contributed by atoms with E-state index in [-0.39, 0.29) is 17.3 Å². The van der Waals surface area contributed by atoms with Crippen molar-refractivity contribution in [2.75, 3.05) is 31.1 Å². The lowest BCUT2D eigenvalue weighted by Crippen LogP contribution is -2.49. The number of rotatable bonds is 4. The third kappa shape index (κ3) is 3.93. The minimum absolute atomic E-state index is 0.170. The average Bonchev–Trinajstić information content (AvgIpc) is 3.20. The number of halogens is 1. The van der Waals surface area contributed by atoms with Gasteiger partial charge in [0.25, 0.3) is 11.8 Å². The third-order valence-corrected chi connectivity index (χ3v) is 5.01. The van der Waals surface area contributed by atoms with Crippen LogP contribution in [0.25, 0.3) is 5.69 Å². The summed E-state index contributed by atoms with van der Waals surface area (Å²) in [6.07, 6.45) is 1.61. The SMILES string of the molecule is NC(=O)c1cc(C(=O)N2CCN(c3ccc(Cl)cn3)CC2)nn1-c1ccccc1. The van der Waals surface area contributed by atoms with Crippen LogP contribution in [0.1, 0.15) is 21.0 Å². The van der Waals surface area contributed by atoms with Gasteiger partial charge in [-0.15, -0.1) is 0 Å². The second-order valence-electron chi connectivity index (χ2n) is 6.64. The summed E-state index contributed by atoms with van der Waals surface area (Å²) in [4.78, 5) is 32.9. The van der Waals surface area contributed by atoms with Gasteiger partial charge >= 0.3 is 0 Å². The van der Waals surface area contributed by atoms with Crippen molar-refractivity contribution in [3.05, 3.63) is 71.1 Å². The number of benzene rings is 1. The molecule has 1 saturated heterocycles. The molecule has 2 amide bonds. The van der Waals surface area contributed by atoms with Gasteiger partial charge in [0, 0.05) is 38.4 Å². The molecule has 0 spiro atoms. The molecule has 0 atom stereocenters. The zero-order valence-corrected chi connectivity index (χ0v) is 16.3. The van der Waals surface area contributed by atoms with Gasteiger partial charge in [-0.3, -0.25) is 9.59 Å². The first-order valence-corrected chi connectivity index (χ1v) is 9.52. The van der Waals surface area contributed by atoms with Gasteiger partial charge < -0.3 is 15.5 Å². The van der Waals surface area contributed by atoms with E-state index < -0.39 is 5.91 Å². The molecule has 4 rings (SSSR count). The molecule has 1 aromatic carbocycles. The normalized spacial score (nSPS) is 14.1. The van der Waals surface area contributed by atoms with E-state index in [1.807, 2.05) is 24.3 Å². The van der Waals surface area contributed by atoms with Gasteiger partial charge in [-0.25, -0.2) is 9.67 Å². The molecule has 2 aromatic heterocycles. The Morgan fingerprint density at radius 2 is 1.72 bits per heavy atom. The summed E-state index contributed by atoms with van der Waals surface area (Å²) in [6.45, 7) is 2.32. The maximum absolute atomic E-state index is 13.0. The number of carbonyl (C=O) groups excluding carboxylic acids is 2. The van der Waals surface area contributed by atoms with Gasteiger partial charge in [0.1, 0.15) is 11.5 Å². The number of nitrogens with zero attached hydrogens (tertiary/aromatic N) is 5. The Labute approximate surface area is 172 Å². The van der Waals surface area contributed by atoms with Crippen molar-refractivity contribution < 1.29 is 9.59 Å². The average molecular weight is 411 g/mol. The molecule has 0 radical (unpaired) electrons. The van der Waals surface area contributed by atoms with Crippen LogP contribution in [0.5, 0.6) is 0 Å². The van der Waals surface area contributed by atoms with Crippen LogP contribution in [0.15, 0.2) is 54.7 Å². The Morgan fingerprint density at radius 1 is 1.00 bits per heavy atom. The van der Waals surface area contributed by atoms with Gasteiger partial charge in [-0.1, -0.05) is 29.8 Å². The molecule has 0 aliphatic carbocycles. The number of amides is 2. The molecule has 3 heterocycles. The van der Waals surface area contributed by atoms with Crippen molar-refractivity contribution in [3.8, 4) is 5.69 Å². The molecule has 29 heavy (non-hydrogen) atoms. The van der Waals surface area contributed by atoms with Crippen LogP contribution in [0.3, 0.4) is 0 Å². The van der Waals surface area contributed by atoms with Gasteiger partial charge in [0.05, 0.1) is 10.7 Å². The van der Waals surface area contributed by atoms with E-state index in [9.17, 15) is 9.59 Å². The monoisotopic (exact) mass is 410 g/mol.